The standard InChI is InChI=1S/C27H31NO6S/c1-20-10-16-24(17-11-20)35(30,31)34-23-14-12-22(13-15-23)25(18-28-26(29)33-27(2,3)4)32-19-21-8-6-5-7-9-21/h5-17,25H,18-19H2,1-4H3,(H,28,29). The van der Waals surface area contributed by atoms with Crippen molar-refractivity contribution in [2.24, 2.45) is 0 Å². The molecule has 0 aliphatic rings. The van der Waals surface area contributed by atoms with Crippen LogP contribution in [0, 0.1) is 6.92 Å². The molecule has 0 heterocycles. The Balaban J connectivity index is 1.72. The van der Waals surface area contributed by atoms with Crippen molar-refractivity contribution < 1.29 is 26.9 Å². The minimum absolute atomic E-state index is 0.0813. The lowest BCUT2D eigenvalue weighted by Gasteiger charge is -2.23. The molecule has 0 aliphatic carbocycles. The highest BCUT2D eigenvalue weighted by molar-refractivity contribution is 7.87. The van der Waals surface area contributed by atoms with Crippen LogP contribution in [0.25, 0.3) is 0 Å². The van der Waals surface area contributed by atoms with Gasteiger partial charge in [0.05, 0.1) is 13.2 Å². The summed E-state index contributed by atoms with van der Waals surface area (Å²) in [4.78, 5) is 12.2. The van der Waals surface area contributed by atoms with E-state index in [1.54, 1.807) is 57.2 Å². The molecular formula is C27H31NO6S. The van der Waals surface area contributed by atoms with Gasteiger partial charge in [-0.05, 0) is 63.1 Å². The van der Waals surface area contributed by atoms with Gasteiger partial charge in [-0.25, -0.2) is 4.79 Å². The maximum absolute atomic E-state index is 12.6. The third kappa shape index (κ3) is 8.42. The van der Waals surface area contributed by atoms with Gasteiger partial charge in [-0.2, -0.15) is 8.42 Å². The normalized spacial score (nSPS) is 12.6. The van der Waals surface area contributed by atoms with Crippen LogP contribution in [0.5, 0.6) is 5.75 Å². The van der Waals surface area contributed by atoms with Gasteiger partial charge in [0.25, 0.3) is 0 Å². The summed E-state index contributed by atoms with van der Waals surface area (Å²) in [5.74, 6) is 0.177. The molecule has 0 bridgehead atoms. The van der Waals surface area contributed by atoms with Crippen LogP contribution < -0.4 is 9.50 Å². The number of alkyl carbamates (subject to hydrolysis) is 1. The van der Waals surface area contributed by atoms with E-state index in [9.17, 15) is 13.2 Å². The number of amides is 1. The SMILES string of the molecule is Cc1ccc(S(=O)(=O)Oc2ccc(C(CNC(=O)OC(C)(C)C)OCc3ccccc3)cc2)cc1. The van der Waals surface area contributed by atoms with Gasteiger partial charge in [0, 0.05) is 0 Å². The smallest absolute Gasteiger partial charge is 0.407 e. The second kappa shape index (κ2) is 11.4. The quantitative estimate of drug-likeness (QED) is 0.390. The maximum atomic E-state index is 12.6. The second-order valence-electron chi connectivity index (χ2n) is 9.09. The van der Waals surface area contributed by atoms with Gasteiger partial charge in [0.15, 0.2) is 0 Å². The van der Waals surface area contributed by atoms with E-state index in [4.69, 9.17) is 13.7 Å². The van der Waals surface area contributed by atoms with Gasteiger partial charge in [0.1, 0.15) is 22.4 Å². The summed E-state index contributed by atoms with van der Waals surface area (Å²) in [6, 6.07) is 22.7. The molecule has 3 aromatic carbocycles. The zero-order valence-corrected chi connectivity index (χ0v) is 21.2. The third-order valence-corrected chi connectivity index (χ3v) is 6.15. The fourth-order valence-corrected chi connectivity index (χ4v) is 4.08. The van der Waals surface area contributed by atoms with E-state index in [-0.39, 0.29) is 17.2 Å². The molecule has 1 atom stereocenters. The molecule has 1 amide bonds. The Hall–Kier alpha value is -3.36. The van der Waals surface area contributed by atoms with Gasteiger partial charge in [-0.15, -0.1) is 0 Å². The number of carbonyl (C=O) groups excluding carboxylic acids is 1. The Morgan fingerprint density at radius 3 is 2.14 bits per heavy atom. The summed E-state index contributed by atoms with van der Waals surface area (Å²) in [6.07, 6.45) is -1.04. The lowest BCUT2D eigenvalue weighted by atomic mass is 10.1. The molecule has 0 fully saturated rings. The zero-order valence-electron chi connectivity index (χ0n) is 20.4. The van der Waals surface area contributed by atoms with Crippen molar-refractivity contribution in [3.05, 3.63) is 95.6 Å². The Labute approximate surface area is 207 Å². The van der Waals surface area contributed by atoms with E-state index in [2.05, 4.69) is 5.32 Å². The predicted octanol–water partition coefficient (Wildman–Crippen LogP) is 5.55. The second-order valence-corrected chi connectivity index (χ2v) is 10.6. The maximum Gasteiger partial charge on any atom is 0.407 e. The molecule has 7 nitrogen and oxygen atoms in total. The molecule has 0 aromatic heterocycles. The van der Waals surface area contributed by atoms with Crippen molar-refractivity contribution in [3.8, 4) is 5.75 Å². The summed E-state index contributed by atoms with van der Waals surface area (Å²) in [5, 5.41) is 2.74. The van der Waals surface area contributed by atoms with Gasteiger partial charge in [-0.3, -0.25) is 0 Å². The van der Waals surface area contributed by atoms with Crippen LogP contribution in [-0.4, -0.2) is 26.7 Å². The zero-order chi connectivity index (χ0) is 25.5. The van der Waals surface area contributed by atoms with Gasteiger partial charge in [0.2, 0.25) is 0 Å². The number of aryl methyl sites for hydroxylation is 1. The highest BCUT2D eigenvalue weighted by Gasteiger charge is 2.20. The minimum atomic E-state index is -3.95. The largest absolute Gasteiger partial charge is 0.444 e. The van der Waals surface area contributed by atoms with Crippen LogP contribution in [0.1, 0.15) is 43.6 Å². The van der Waals surface area contributed by atoms with Gasteiger partial charge < -0.3 is 19.0 Å². The Bertz CT molecular complexity index is 1200. The van der Waals surface area contributed by atoms with Crippen molar-refractivity contribution in [2.75, 3.05) is 6.54 Å². The highest BCUT2D eigenvalue weighted by atomic mass is 32.2. The van der Waals surface area contributed by atoms with Crippen molar-refractivity contribution in [1.82, 2.24) is 5.32 Å². The lowest BCUT2D eigenvalue weighted by molar-refractivity contribution is 0.0273. The van der Waals surface area contributed by atoms with Crippen molar-refractivity contribution in [1.29, 1.82) is 0 Å². The first kappa shape index (κ1) is 26.2. The van der Waals surface area contributed by atoms with E-state index in [1.165, 1.54) is 12.1 Å². The summed E-state index contributed by atoms with van der Waals surface area (Å²) in [6.45, 7) is 7.76. The van der Waals surface area contributed by atoms with Crippen molar-refractivity contribution in [2.45, 2.75) is 50.9 Å². The number of rotatable bonds is 9. The van der Waals surface area contributed by atoms with Crippen LogP contribution >= 0.6 is 0 Å². The van der Waals surface area contributed by atoms with Crippen molar-refractivity contribution in [3.63, 3.8) is 0 Å². The molecular weight excluding hydrogens is 466 g/mol. The highest BCUT2D eigenvalue weighted by Crippen LogP contribution is 2.24. The number of ether oxygens (including phenoxy) is 2. The first-order valence-corrected chi connectivity index (χ1v) is 12.7. The van der Waals surface area contributed by atoms with Crippen LogP contribution in [0.15, 0.2) is 83.8 Å². The molecule has 0 radical (unpaired) electrons. The number of carbonyl (C=O) groups is 1. The molecule has 1 unspecified atom stereocenters. The topological polar surface area (TPSA) is 90.9 Å². The summed E-state index contributed by atoms with van der Waals surface area (Å²) < 4.78 is 41.8. The van der Waals surface area contributed by atoms with Crippen molar-refractivity contribution >= 4 is 16.2 Å². The predicted molar refractivity (Wildman–Crippen MR) is 134 cm³/mol. The molecule has 0 aliphatic heterocycles. The van der Waals surface area contributed by atoms with E-state index >= 15 is 0 Å². The molecule has 8 heteroatoms. The minimum Gasteiger partial charge on any atom is -0.444 e. The fourth-order valence-electron chi connectivity index (χ4n) is 3.15. The van der Waals surface area contributed by atoms with Crippen LogP contribution in [0.2, 0.25) is 0 Å². The lowest BCUT2D eigenvalue weighted by Crippen LogP contribution is -2.35. The molecule has 186 valence electrons. The van der Waals surface area contributed by atoms with Gasteiger partial charge in [-0.1, -0.05) is 60.2 Å². The summed E-state index contributed by atoms with van der Waals surface area (Å²) in [5.41, 5.74) is 2.07. The Morgan fingerprint density at radius 2 is 1.54 bits per heavy atom. The molecule has 3 aromatic rings. The fraction of sp³-hybridized carbons (Fsp3) is 0.296. The molecule has 0 spiro atoms. The summed E-state index contributed by atoms with van der Waals surface area (Å²) >= 11 is 0. The number of hydrogen-bond acceptors (Lipinski definition) is 6. The Kier molecular flexibility index (Phi) is 8.53. The van der Waals surface area contributed by atoms with E-state index < -0.39 is 27.9 Å². The van der Waals surface area contributed by atoms with E-state index in [0.717, 1.165) is 16.7 Å². The third-order valence-electron chi connectivity index (χ3n) is 4.89. The molecule has 0 saturated heterocycles. The first-order valence-electron chi connectivity index (χ1n) is 11.3. The number of nitrogens with one attached hydrogen (secondary N) is 1. The summed E-state index contributed by atoms with van der Waals surface area (Å²) in [7, 11) is -3.95. The van der Waals surface area contributed by atoms with E-state index in [1.807, 2.05) is 37.3 Å². The Morgan fingerprint density at radius 1 is 0.914 bits per heavy atom. The number of hydrogen-bond donors (Lipinski definition) is 1. The van der Waals surface area contributed by atoms with Crippen LogP contribution in [0.3, 0.4) is 0 Å². The monoisotopic (exact) mass is 497 g/mol. The average Bonchev–Trinajstić information content (AvgIpc) is 2.79. The van der Waals surface area contributed by atoms with Crippen LogP contribution in [-0.2, 0) is 26.2 Å². The molecule has 3 rings (SSSR count). The van der Waals surface area contributed by atoms with Gasteiger partial charge >= 0.3 is 16.2 Å². The number of benzene rings is 3. The van der Waals surface area contributed by atoms with E-state index in [0.29, 0.717) is 6.61 Å². The molecule has 0 saturated carbocycles. The van der Waals surface area contributed by atoms with Crippen LogP contribution in [0.4, 0.5) is 4.79 Å². The average molecular weight is 498 g/mol. The molecule has 1 N–H and O–H groups in total. The first-order chi connectivity index (χ1) is 16.5. The molecule has 35 heavy (non-hydrogen) atoms.